The van der Waals surface area contributed by atoms with E-state index in [2.05, 4.69) is 36.9 Å². The fourth-order valence-electron chi connectivity index (χ4n) is 2.16. The van der Waals surface area contributed by atoms with Crippen LogP contribution in [0.15, 0.2) is 24.3 Å². The minimum absolute atomic E-state index is 0.0432. The lowest BCUT2D eigenvalue weighted by molar-refractivity contribution is -0.129. The number of likely N-dealkylation sites (N-methyl/N-ethyl adjacent to an activating group) is 1. The van der Waals surface area contributed by atoms with Gasteiger partial charge in [-0.2, -0.15) is 0 Å². The monoisotopic (exact) mass is 263 g/mol. The van der Waals surface area contributed by atoms with Crippen LogP contribution in [0.4, 0.5) is 5.69 Å². The van der Waals surface area contributed by atoms with E-state index in [1.807, 2.05) is 6.07 Å². The third kappa shape index (κ3) is 4.24. The van der Waals surface area contributed by atoms with Crippen molar-refractivity contribution in [3.05, 3.63) is 29.8 Å². The lowest BCUT2D eigenvalue weighted by Gasteiger charge is -2.32. The van der Waals surface area contributed by atoms with E-state index < -0.39 is 0 Å². The second-order valence-electron chi connectivity index (χ2n) is 5.01. The standard InChI is InChI=1S/C15H25N3O/c1-5-18(13-8-6-7-12(2)9-13)14(11-16)10-15(19)17(3)4/h6-9,14H,5,10-11,16H2,1-4H3. The predicted molar refractivity (Wildman–Crippen MR) is 80.4 cm³/mol. The molecule has 0 fully saturated rings. The molecule has 0 aliphatic heterocycles. The summed E-state index contributed by atoms with van der Waals surface area (Å²) in [6, 6.07) is 8.35. The van der Waals surface area contributed by atoms with Crippen LogP contribution in [0.5, 0.6) is 0 Å². The minimum Gasteiger partial charge on any atom is -0.367 e. The molecule has 4 nitrogen and oxygen atoms in total. The molecule has 1 amide bonds. The lowest BCUT2D eigenvalue weighted by Crippen LogP contribution is -2.44. The first-order valence-electron chi connectivity index (χ1n) is 6.73. The van der Waals surface area contributed by atoms with Crippen LogP contribution >= 0.6 is 0 Å². The fourth-order valence-corrected chi connectivity index (χ4v) is 2.16. The SMILES string of the molecule is CCN(c1cccc(C)c1)C(CN)CC(=O)N(C)C. The summed E-state index contributed by atoms with van der Waals surface area (Å²) in [5.74, 6) is 0.113. The number of carbonyl (C=O) groups excluding carboxylic acids is 1. The number of benzene rings is 1. The number of hydrogen-bond acceptors (Lipinski definition) is 3. The van der Waals surface area contributed by atoms with Gasteiger partial charge in [-0.3, -0.25) is 4.79 Å². The number of nitrogens with zero attached hydrogens (tertiary/aromatic N) is 2. The average molecular weight is 263 g/mol. The summed E-state index contributed by atoms with van der Waals surface area (Å²) in [6.07, 6.45) is 0.450. The summed E-state index contributed by atoms with van der Waals surface area (Å²) in [5.41, 5.74) is 8.20. The van der Waals surface area contributed by atoms with E-state index in [9.17, 15) is 4.79 Å². The number of hydrogen-bond donors (Lipinski definition) is 1. The van der Waals surface area contributed by atoms with Crippen LogP contribution < -0.4 is 10.6 Å². The van der Waals surface area contributed by atoms with Crippen LogP contribution in [0.1, 0.15) is 18.9 Å². The lowest BCUT2D eigenvalue weighted by atomic mass is 10.1. The van der Waals surface area contributed by atoms with Gasteiger partial charge in [0.1, 0.15) is 0 Å². The summed E-state index contributed by atoms with van der Waals surface area (Å²) in [6.45, 7) is 5.47. The van der Waals surface area contributed by atoms with E-state index >= 15 is 0 Å². The zero-order valence-corrected chi connectivity index (χ0v) is 12.4. The molecule has 0 spiro atoms. The molecule has 0 aliphatic rings. The Balaban J connectivity index is 2.89. The maximum Gasteiger partial charge on any atom is 0.224 e. The number of carbonyl (C=O) groups is 1. The largest absolute Gasteiger partial charge is 0.367 e. The average Bonchev–Trinajstić information content (AvgIpc) is 2.38. The highest BCUT2D eigenvalue weighted by Gasteiger charge is 2.20. The van der Waals surface area contributed by atoms with Crippen LogP contribution in [-0.2, 0) is 4.79 Å². The summed E-state index contributed by atoms with van der Waals surface area (Å²) in [5, 5.41) is 0. The van der Waals surface area contributed by atoms with Crippen molar-refractivity contribution in [3.63, 3.8) is 0 Å². The van der Waals surface area contributed by atoms with Crippen molar-refractivity contribution in [3.8, 4) is 0 Å². The highest BCUT2D eigenvalue weighted by molar-refractivity contribution is 5.77. The van der Waals surface area contributed by atoms with E-state index in [1.54, 1.807) is 19.0 Å². The molecule has 1 rings (SSSR count). The highest BCUT2D eigenvalue weighted by Crippen LogP contribution is 2.19. The van der Waals surface area contributed by atoms with Crippen molar-refractivity contribution < 1.29 is 4.79 Å². The van der Waals surface area contributed by atoms with Gasteiger partial charge in [0.15, 0.2) is 0 Å². The molecule has 106 valence electrons. The van der Waals surface area contributed by atoms with Crippen molar-refractivity contribution in [2.45, 2.75) is 26.3 Å². The highest BCUT2D eigenvalue weighted by atomic mass is 16.2. The number of anilines is 1. The van der Waals surface area contributed by atoms with Gasteiger partial charge in [-0.25, -0.2) is 0 Å². The Morgan fingerprint density at radius 3 is 2.53 bits per heavy atom. The van der Waals surface area contributed by atoms with E-state index in [1.165, 1.54) is 5.56 Å². The van der Waals surface area contributed by atoms with E-state index in [0.29, 0.717) is 13.0 Å². The van der Waals surface area contributed by atoms with Crippen molar-refractivity contribution in [1.82, 2.24) is 4.90 Å². The van der Waals surface area contributed by atoms with E-state index in [0.717, 1.165) is 12.2 Å². The van der Waals surface area contributed by atoms with Crippen LogP contribution in [0.2, 0.25) is 0 Å². The van der Waals surface area contributed by atoms with Crippen molar-refractivity contribution in [1.29, 1.82) is 0 Å². The molecule has 0 aromatic heterocycles. The van der Waals surface area contributed by atoms with Crippen LogP contribution in [0.3, 0.4) is 0 Å². The van der Waals surface area contributed by atoms with Gasteiger partial charge in [0.2, 0.25) is 5.91 Å². The Kier molecular flexibility index (Phi) is 5.83. The Labute approximate surface area is 116 Å². The Morgan fingerprint density at radius 1 is 1.37 bits per heavy atom. The Hall–Kier alpha value is -1.55. The third-order valence-electron chi connectivity index (χ3n) is 3.30. The Bertz CT molecular complexity index is 418. The molecule has 0 bridgehead atoms. The van der Waals surface area contributed by atoms with Gasteiger partial charge in [-0.05, 0) is 31.5 Å². The molecule has 0 radical (unpaired) electrons. The van der Waals surface area contributed by atoms with Crippen LogP contribution in [0, 0.1) is 6.92 Å². The third-order valence-corrected chi connectivity index (χ3v) is 3.30. The van der Waals surface area contributed by atoms with Gasteiger partial charge < -0.3 is 15.5 Å². The molecular weight excluding hydrogens is 238 g/mol. The molecule has 1 unspecified atom stereocenters. The normalized spacial score (nSPS) is 12.1. The zero-order chi connectivity index (χ0) is 14.4. The van der Waals surface area contributed by atoms with E-state index in [-0.39, 0.29) is 11.9 Å². The first kappa shape index (κ1) is 15.5. The molecule has 1 aromatic carbocycles. The number of amides is 1. The zero-order valence-electron chi connectivity index (χ0n) is 12.4. The van der Waals surface area contributed by atoms with E-state index in [4.69, 9.17) is 5.73 Å². The van der Waals surface area contributed by atoms with Gasteiger partial charge in [-0.1, -0.05) is 12.1 Å². The molecule has 0 saturated carbocycles. The molecule has 4 heteroatoms. The van der Waals surface area contributed by atoms with Crippen molar-refractivity contribution >= 4 is 11.6 Å². The second kappa shape index (κ2) is 7.14. The second-order valence-corrected chi connectivity index (χ2v) is 5.01. The first-order valence-corrected chi connectivity index (χ1v) is 6.73. The number of nitrogens with two attached hydrogens (primary N) is 1. The van der Waals surface area contributed by atoms with Crippen molar-refractivity contribution in [2.75, 3.05) is 32.1 Å². The smallest absolute Gasteiger partial charge is 0.224 e. The van der Waals surface area contributed by atoms with Gasteiger partial charge in [0.25, 0.3) is 0 Å². The molecule has 19 heavy (non-hydrogen) atoms. The summed E-state index contributed by atoms with van der Waals surface area (Å²) in [4.78, 5) is 15.7. The molecular formula is C15H25N3O. The molecule has 1 aromatic rings. The van der Waals surface area contributed by atoms with Gasteiger partial charge in [-0.15, -0.1) is 0 Å². The quantitative estimate of drug-likeness (QED) is 0.848. The Morgan fingerprint density at radius 2 is 2.05 bits per heavy atom. The van der Waals surface area contributed by atoms with Crippen molar-refractivity contribution in [2.24, 2.45) is 5.73 Å². The predicted octanol–water partition coefficient (Wildman–Crippen LogP) is 1.63. The molecule has 0 aliphatic carbocycles. The minimum atomic E-state index is 0.0432. The summed E-state index contributed by atoms with van der Waals surface area (Å²) < 4.78 is 0. The topological polar surface area (TPSA) is 49.6 Å². The maximum absolute atomic E-state index is 11.9. The summed E-state index contributed by atoms with van der Waals surface area (Å²) >= 11 is 0. The first-order chi connectivity index (χ1) is 8.99. The fraction of sp³-hybridized carbons (Fsp3) is 0.533. The molecule has 1 atom stereocenters. The van der Waals surface area contributed by atoms with Gasteiger partial charge >= 0.3 is 0 Å². The summed E-state index contributed by atoms with van der Waals surface area (Å²) in [7, 11) is 3.55. The van der Waals surface area contributed by atoms with Gasteiger partial charge in [0.05, 0.1) is 0 Å². The molecule has 2 N–H and O–H groups in total. The van der Waals surface area contributed by atoms with Crippen LogP contribution in [-0.4, -0.2) is 44.0 Å². The van der Waals surface area contributed by atoms with Gasteiger partial charge in [0, 0.05) is 45.3 Å². The maximum atomic E-state index is 11.9. The number of rotatable bonds is 6. The number of aryl methyl sites for hydroxylation is 1. The van der Waals surface area contributed by atoms with Crippen LogP contribution in [0.25, 0.3) is 0 Å². The molecule has 0 heterocycles. The molecule has 0 saturated heterocycles.